The first-order valence-corrected chi connectivity index (χ1v) is 8.39. The lowest BCUT2D eigenvalue weighted by molar-refractivity contribution is -0.670. The van der Waals surface area contributed by atoms with Gasteiger partial charge in [0.2, 0.25) is 6.79 Å². The Balaban J connectivity index is 1.44. The van der Waals surface area contributed by atoms with Crippen molar-refractivity contribution >= 4 is 0 Å². The van der Waals surface area contributed by atoms with Gasteiger partial charge in [-0.2, -0.15) is 0 Å². The highest BCUT2D eigenvalue weighted by atomic mass is 19.1. The molecule has 1 saturated heterocycles. The molecule has 2 atom stereocenters. The van der Waals surface area contributed by atoms with E-state index in [-0.39, 0.29) is 12.6 Å². The summed E-state index contributed by atoms with van der Waals surface area (Å²) in [5, 5.41) is 2.33. The van der Waals surface area contributed by atoms with Gasteiger partial charge in [0.25, 0.3) is 0 Å². The van der Waals surface area contributed by atoms with Crippen molar-refractivity contribution in [2.45, 2.75) is 12.3 Å². The molecule has 126 valence electrons. The van der Waals surface area contributed by atoms with Gasteiger partial charge in [0, 0.05) is 24.3 Å². The van der Waals surface area contributed by atoms with E-state index >= 15 is 0 Å². The van der Waals surface area contributed by atoms with Crippen molar-refractivity contribution in [2.75, 3.05) is 26.5 Å². The van der Waals surface area contributed by atoms with Crippen LogP contribution in [0.25, 0.3) is 0 Å². The molecule has 0 unspecified atom stereocenters. The van der Waals surface area contributed by atoms with Crippen molar-refractivity contribution in [3.8, 4) is 17.2 Å². The molecule has 5 heteroatoms. The van der Waals surface area contributed by atoms with Crippen LogP contribution in [-0.2, 0) is 0 Å². The molecule has 4 rings (SSSR count). The molecule has 2 aliphatic rings. The van der Waals surface area contributed by atoms with Gasteiger partial charge in [0.05, 0.1) is 19.7 Å². The Kier molecular flexibility index (Phi) is 4.26. The largest absolute Gasteiger partial charge is 0.493 e. The van der Waals surface area contributed by atoms with E-state index in [4.69, 9.17) is 14.2 Å². The first-order chi connectivity index (χ1) is 11.8. The third kappa shape index (κ3) is 3.17. The normalized spacial score (nSPS) is 22.4. The molecule has 0 amide bonds. The number of halogens is 1. The lowest BCUT2D eigenvalue weighted by atomic mass is 9.81. The topological polar surface area (TPSA) is 44.3 Å². The second kappa shape index (κ2) is 6.69. The predicted molar refractivity (Wildman–Crippen MR) is 87.0 cm³/mol. The summed E-state index contributed by atoms with van der Waals surface area (Å²) in [6.45, 7) is 3.02. The fourth-order valence-electron chi connectivity index (χ4n) is 3.53. The van der Waals surface area contributed by atoms with Gasteiger partial charge in [-0.05, 0) is 29.8 Å². The maximum atomic E-state index is 13.2. The minimum Gasteiger partial charge on any atom is -0.493 e. The van der Waals surface area contributed by atoms with Gasteiger partial charge in [-0.3, -0.25) is 0 Å². The number of hydrogen-bond donors (Lipinski definition) is 1. The SMILES string of the molecule is Fc1ccc([C@H]2CC[NH2+]C[C@H]2COc2ccc3c(c2)OCO3)cc1. The summed E-state index contributed by atoms with van der Waals surface area (Å²) in [6.07, 6.45) is 1.08. The van der Waals surface area contributed by atoms with Gasteiger partial charge in [-0.25, -0.2) is 4.39 Å². The number of quaternary nitrogens is 1. The van der Waals surface area contributed by atoms with Crippen molar-refractivity contribution < 1.29 is 23.9 Å². The van der Waals surface area contributed by atoms with Crippen molar-refractivity contribution in [2.24, 2.45) is 5.92 Å². The van der Waals surface area contributed by atoms with Gasteiger partial charge in [0.15, 0.2) is 11.5 Å². The number of fused-ring (bicyclic) bond motifs is 1. The minimum atomic E-state index is -0.186. The molecule has 0 aliphatic carbocycles. The summed E-state index contributed by atoms with van der Waals surface area (Å²) in [6, 6.07) is 12.6. The highest BCUT2D eigenvalue weighted by molar-refractivity contribution is 5.46. The first kappa shape index (κ1) is 15.3. The van der Waals surface area contributed by atoms with E-state index in [1.165, 1.54) is 5.56 Å². The van der Waals surface area contributed by atoms with Crippen molar-refractivity contribution in [3.63, 3.8) is 0 Å². The number of piperidine rings is 1. The van der Waals surface area contributed by atoms with E-state index < -0.39 is 0 Å². The second-order valence-electron chi connectivity index (χ2n) is 6.35. The highest BCUT2D eigenvalue weighted by Crippen LogP contribution is 2.36. The zero-order chi connectivity index (χ0) is 16.4. The highest BCUT2D eigenvalue weighted by Gasteiger charge is 2.29. The van der Waals surface area contributed by atoms with Crippen LogP contribution < -0.4 is 19.5 Å². The molecular formula is C19H21FNO3+. The third-order valence-electron chi connectivity index (χ3n) is 4.83. The maximum Gasteiger partial charge on any atom is 0.231 e. The van der Waals surface area contributed by atoms with E-state index in [2.05, 4.69) is 5.32 Å². The van der Waals surface area contributed by atoms with E-state index in [1.54, 1.807) is 12.1 Å². The van der Waals surface area contributed by atoms with Crippen molar-refractivity contribution in [3.05, 3.63) is 53.8 Å². The lowest BCUT2D eigenvalue weighted by Gasteiger charge is -2.30. The number of benzene rings is 2. The smallest absolute Gasteiger partial charge is 0.231 e. The third-order valence-corrected chi connectivity index (χ3v) is 4.83. The molecule has 2 aromatic carbocycles. The van der Waals surface area contributed by atoms with E-state index in [1.807, 2.05) is 30.3 Å². The number of ether oxygens (including phenoxy) is 3. The van der Waals surface area contributed by atoms with Gasteiger partial charge in [0.1, 0.15) is 11.6 Å². The van der Waals surface area contributed by atoms with Crippen LogP contribution in [0.4, 0.5) is 4.39 Å². The Morgan fingerprint density at radius 2 is 1.92 bits per heavy atom. The monoisotopic (exact) mass is 330 g/mol. The average molecular weight is 330 g/mol. The molecule has 2 aromatic rings. The predicted octanol–water partition coefficient (Wildman–Crippen LogP) is 2.30. The summed E-state index contributed by atoms with van der Waals surface area (Å²) >= 11 is 0. The van der Waals surface area contributed by atoms with Crippen LogP contribution >= 0.6 is 0 Å². The second-order valence-corrected chi connectivity index (χ2v) is 6.35. The van der Waals surface area contributed by atoms with Crippen LogP contribution in [0, 0.1) is 11.7 Å². The van der Waals surface area contributed by atoms with E-state index in [0.29, 0.717) is 18.4 Å². The molecule has 1 fully saturated rings. The van der Waals surface area contributed by atoms with Crippen LogP contribution in [-0.4, -0.2) is 26.5 Å². The molecule has 24 heavy (non-hydrogen) atoms. The Morgan fingerprint density at radius 3 is 2.79 bits per heavy atom. The molecule has 2 N–H and O–H groups in total. The van der Waals surface area contributed by atoms with Crippen LogP contribution in [0.15, 0.2) is 42.5 Å². The Labute approximate surface area is 140 Å². The first-order valence-electron chi connectivity index (χ1n) is 8.39. The maximum absolute atomic E-state index is 13.2. The summed E-state index contributed by atoms with van der Waals surface area (Å²) in [5.41, 5.74) is 1.20. The van der Waals surface area contributed by atoms with E-state index in [9.17, 15) is 4.39 Å². The minimum absolute atomic E-state index is 0.186. The summed E-state index contributed by atoms with van der Waals surface area (Å²) in [7, 11) is 0. The van der Waals surface area contributed by atoms with Crippen LogP contribution in [0.3, 0.4) is 0 Å². The summed E-state index contributed by atoms with van der Waals surface area (Å²) in [4.78, 5) is 0. The Hall–Kier alpha value is -2.27. The number of rotatable bonds is 4. The lowest BCUT2D eigenvalue weighted by Crippen LogP contribution is -2.88. The average Bonchev–Trinajstić information content (AvgIpc) is 3.09. The fraction of sp³-hybridized carbons (Fsp3) is 0.368. The summed E-state index contributed by atoms with van der Waals surface area (Å²) in [5.74, 6) is 2.91. The number of nitrogens with two attached hydrogens (primary N) is 1. The molecule has 4 nitrogen and oxygen atoms in total. The molecular weight excluding hydrogens is 309 g/mol. The quantitative estimate of drug-likeness (QED) is 0.935. The van der Waals surface area contributed by atoms with Gasteiger partial charge in [-0.15, -0.1) is 0 Å². The van der Waals surface area contributed by atoms with Gasteiger partial charge >= 0.3 is 0 Å². The van der Waals surface area contributed by atoms with Crippen LogP contribution in [0.2, 0.25) is 0 Å². The van der Waals surface area contributed by atoms with Gasteiger partial charge < -0.3 is 19.5 Å². The van der Waals surface area contributed by atoms with Crippen molar-refractivity contribution in [1.82, 2.24) is 0 Å². The zero-order valence-corrected chi connectivity index (χ0v) is 13.4. The van der Waals surface area contributed by atoms with Gasteiger partial charge in [-0.1, -0.05) is 12.1 Å². The molecule has 0 radical (unpaired) electrons. The molecule has 0 bridgehead atoms. The zero-order valence-electron chi connectivity index (χ0n) is 13.4. The van der Waals surface area contributed by atoms with Crippen LogP contribution in [0.5, 0.6) is 17.2 Å². The fourth-order valence-corrected chi connectivity index (χ4v) is 3.53. The van der Waals surface area contributed by atoms with Crippen molar-refractivity contribution in [1.29, 1.82) is 0 Å². The number of hydrogen-bond acceptors (Lipinski definition) is 3. The molecule has 2 heterocycles. The Bertz CT molecular complexity index is 704. The molecule has 0 saturated carbocycles. The Morgan fingerprint density at radius 1 is 1.08 bits per heavy atom. The van der Waals surface area contributed by atoms with Crippen LogP contribution in [0.1, 0.15) is 17.9 Å². The molecule has 2 aliphatic heterocycles. The summed E-state index contributed by atoms with van der Waals surface area (Å²) < 4.78 is 29.9. The standard InChI is InChI=1S/C19H20FNO3/c20-15-3-1-13(2-4-15)17-7-8-21-10-14(17)11-22-16-5-6-18-19(9-16)24-12-23-18/h1-6,9,14,17,21H,7-8,10-12H2/p+1/t14-,17+/m0/s1. The molecule has 0 aromatic heterocycles. The van der Waals surface area contributed by atoms with E-state index in [0.717, 1.165) is 36.8 Å². The molecule has 0 spiro atoms.